The van der Waals surface area contributed by atoms with E-state index in [0.29, 0.717) is 6.61 Å². The van der Waals surface area contributed by atoms with E-state index in [1.54, 1.807) is 0 Å². The fourth-order valence-corrected chi connectivity index (χ4v) is 2.21. The van der Waals surface area contributed by atoms with E-state index < -0.39 is 5.60 Å². The van der Waals surface area contributed by atoms with Crippen molar-refractivity contribution in [3.63, 3.8) is 0 Å². The zero-order valence-corrected chi connectivity index (χ0v) is 9.66. The second-order valence-electron chi connectivity index (χ2n) is 4.24. The minimum Gasteiger partial charge on any atom is -0.469 e. The summed E-state index contributed by atoms with van der Waals surface area (Å²) in [6.07, 6.45) is 1.17. The Labute approximate surface area is 95.4 Å². The second kappa shape index (κ2) is 4.26. The average molecular weight is 220 g/mol. The quantitative estimate of drug-likeness (QED) is 0.715. The van der Waals surface area contributed by atoms with Crippen LogP contribution in [0.3, 0.4) is 0 Å². The van der Waals surface area contributed by atoms with Gasteiger partial charge in [-0.1, -0.05) is 24.3 Å². The molecule has 16 heavy (non-hydrogen) atoms. The van der Waals surface area contributed by atoms with Gasteiger partial charge >= 0.3 is 5.97 Å². The standard InChI is InChI=1S/C13H16O3/c1-13(9-12(14)15-2)11-6-4-3-5-10(11)7-8-16-13/h3-6H,7-9H2,1-2H3. The first-order valence-electron chi connectivity index (χ1n) is 5.45. The molecule has 1 aliphatic heterocycles. The molecule has 3 nitrogen and oxygen atoms in total. The Kier molecular flexibility index (Phi) is 2.97. The van der Waals surface area contributed by atoms with Crippen molar-refractivity contribution in [1.82, 2.24) is 0 Å². The molecule has 0 fully saturated rings. The molecule has 0 bridgehead atoms. The van der Waals surface area contributed by atoms with Crippen LogP contribution in [0.2, 0.25) is 0 Å². The van der Waals surface area contributed by atoms with Gasteiger partial charge in [0.1, 0.15) is 5.60 Å². The van der Waals surface area contributed by atoms with Crippen molar-refractivity contribution in [2.75, 3.05) is 13.7 Å². The van der Waals surface area contributed by atoms with E-state index in [-0.39, 0.29) is 12.4 Å². The Morgan fingerprint density at radius 1 is 1.50 bits per heavy atom. The first kappa shape index (κ1) is 11.1. The van der Waals surface area contributed by atoms with E-state index in [2.05, 4.69) is 6.07 Å². The van der Waals surface area contributed by atoms with Gasteiger partial charge in [-0.05, 0) is 24.5 Å². The smallest absolute Gasteiger partial charge is 0.308 e. The number of benzene rings is 1. The molecule has 0 N–H and O–H groups in total. The third-order valence-corrected chi connectivity index (χ3v) is 3.09. The van der Waals surface area contributed by atoms with Gasteiger partial charge in [-0.3, -0.25) is 4.79 Å². The van der Waals surface area contributed by atoms with E-state index in [9.17, 15) is 4.79 Å². The number of hydrogen-bond acceptors (Lipinski definition) is 3. The van der Waals surface area contributed by atoms with Gasteiger partial charge in [0, 0.05) is 0 Å². The maximum absolute atomic E-state index is 11.4. The second-order valence-corrected chi connectivity index (χ2v) is 4.24. The van der Waals surface area contributed by atoms with Crippen LogP contribution in [0.15, 0.2) is 24.3 Å². The van der Waals surface area contributed by atoms with Crippen LogP contribution in [0.25, 0.3) is 0 Å². The molecule has 1 aromatic rings. The maximum Gasteiger partial charge on any atom is 0.308 e. The first-order chi connectivity index (χ1) is 7.65. The molecule has 3 heteroatoms. The Morgan fingerprint density at radius 2 is 2.25 bits per heavy atom. The molecule has 1 aliphatic rings. The van der Waals surface area contributed by atoms with Crippen LogP contribution in [-0.4, -0.2) is 19.7 Å². The van der Waals surface area contributed by atoms with Crippen molar-refractivity contribution in [1.29, 1.82) is 0 Å². The molecule has 0 radical (unpaired) electrons. The lowest BCUT2D eigenvalue weighted by atomic mass is 9.85. The highest BCUT2D eigenvalue weighted by Crippen LogP contribution is 2.35. The van der Waals surface area contributed by atoms with Gasteiger partial charge in [0.25, 0.3) is 0 Å². The number of methoxy groups -OCH3 is 1. The van der Waals surface area contributed by atoms with Crippen molar-refractivity contribution in [3.05, 3.63) is 35.4 Å². The summed E-state index contributed by atoms with van der Waals surface area (Å²) < 4.78 is 10.5. The minimum atomic E-state index is -0.540. The normalized spacial score (nSPS) is 23.6. The summed E-state index contributed by atoms with van der Waals surface area (Å²) in [4.78, 5) is 11.4. The van der Waals surface area contributed by atoms with E-state index in [0.717, 1.165) is 12.0 Å². The molecule has 1 atom stereocenters. The molecule has 2 rings (SSSR count). The minimum absolute atomic E-state index is 0.237. The van der Waals surface area contributed by atoms with E-state index >= 15 is 0 Å². The van der Waals surface area contributed by atoms with Crippen LogP contribution in [0.1, 0.15) is 24.5 Å². The molecular formula is C13H16O3. The summed E-state index contributed by atoms with van der Waals surface area (Å²) in [6.45, 7) is 2.60. The molecule has 1 unspecified atom stereocenters. The monoisotopic (exact) mass is 220 g/mol. The van der Waals surface area contributed by atoms with Crippen molar-refractivity contribution >= 4 is 5.97 Å². The fraction of sp³-hybridized carbons (Fsp3) is 0.462. The lowest BCUT2D eigenvalue weighted by Gasteiger charge is -2.35. The van der Waals surface area contributed by atoms with Crippen molar-refractivity contribution in [2.45, 2.75) is 25.4 Å². The number of carbonyl (C=O) groups is 1. The summed E-state index contributed by atoms with van der Waals surface area (Å²) in [6, 6.07) is 8.11. The Hall–Kier alpha value is -1.35. The highest BCUT2D eigenvalue weighted by molar-refractivity contribution is 5.71. The number of ether oxygens (including phenoxy) is 2. The topological polar surface area (TPSA) is 35.5 Å². The fourth-order valence-electron chi connectivity index (χ4n) is 2.21. The number of hydrogen-bond donors (Lipinski definition) is 0. The lowest BCUT2D eigenvalue weighted by Crippen LogP contribution is -2.35. The molecule has 1 aromatic carbocycles. The van der Waals surface area contributed by atoms with Gasteiger partial charge in [0.2, 0.25) is 0 Å². The van der Waals surface area contributed by atoms with Gasteiger partial charge in [-0.2, -0.15) is 0 Å². The third kappa shape index (κ3) is 1.95. The van der Waals surface area contributed by atoms with Gasteiger partial charge in [-0.25, -0.2) is 0 Å². The zero-order valence-electron chi connectivity index (χ0n) is 9.66. The van der Waals surface area contributed by atoms with Crippen molar-refractivity contribution in [2.24, 2.45) is 0 Å². The lowest BCUT2D eigenvalue weighted by molar-refractivity contribution is -0.149. The maximum atomic E-state index is 11.4. The third-order valence-electron chi connectivity index (χ3n) is 3.09. The van der Waals surface area contributed by atoms with E-state index in [1.807, 2.05) is 25.1 Å². The highest BCUT2D eigenvalue weighted by atomic mass is 16.5. The van der Waals surface area contributed by atoms with Gasteiger partial charge < -0.3 is 9.47 Å². The summed E-state index contributed by atoms with van der Waals surface area (Å²) in [5.74, 6) is -0.237. The first-order valence-corrected chi connectivity index (χ1v) is 5.45. The van der Waals surface area contributed by atoms with Crippen molar-refractivity contribution in [3.8, 4) is 0 Å². The highest BCUT2D eigenvalue weighted by Gasteiger charge is 2.35. The average Bonchev–Trinajstić information content (AvgIpc) is 2.29. The van der Waals surface area contributed by atoms with Crippen LogP contribution in [0.4, 0.5) is 0 Å². The summed E-state index contributed by atoms with van der Waals surface area (Å²) in [7, 11) is 1.40. The van der Waals surface area contributed by atoms with Crippen LogP contribution >= 0.6 is 0 Å². The van der Waals surface area contributed by atoms with Crippen LogP contribution in [0.5, 0.6) is 0 Å². The molecule has 0 spiro atoms. The number of esters is 1. The van der Waals surface area contributed by atoms with Gasteiger partial charge in [-0.15, -0.1) is 0 Å². The predicted octanol–water partition coefficient (Wildman–Crippen LogP) is 2.04. The Morgan fingerprint density at radius 3 is 3.00 bits per heavy atom. The van der Waals surface area contributed by atoms with Gasteiger partial charge in [0.15, 0.2) is 0 Å². The predicted molar refractivity (Wildman–Crippen MR) is 60.1 cm³/mol. The van der Waals surface area contributed by atoms with Gasteiger partial charge in [0.05, 0.1) is 20.1 Å². The van der Waals surface area contributed by atoms with Crippen LogP contribution in [0, 0.1) is 0 Å². The number of carbonyl (C=O) groups excluding carboxylic acids is 1. The molecule has 86 valence electrons. The Balaban J connectivity index is 2.32. The molecule has 0 amide bonds. The SMILES string of the molecule is COC(=O)CC1(C)OCCc2ccccc21. The van der Waals surface area contributed by atoms with Crippen molar-refractivity contribution < 1.29 is 14.3 Å². The molecular weight excluding hydrogens is 204 g/mol. The molecule has 0 aliphatic carbocycles. The molecule has 0 saturated carbocycles. The summed E-state index contributed by atoms with van der Waals surface area (Å²) in [5.41, 5.74) is 1.83. The summed E-state index contributed by atoms with van der Waals surface area (Å²) >= 11 is 0. The van der Waals surface area contributed by atoms with Crippen LogP contribution in [-0.2, 0) is 26.3 Å². The van der Waals surface area contributed by atoms with Crippen LogP contribution < -0.4 is 0 Å². The molecule has 0 saturated heterocycles. The summed E-state index contributed by atoms with van der Waals surface area (Å²) in [5, 5.41) is 0. The number of fused-ring (bicyclic) bond motifs is 1. The number of rotatable bonds is 2. The van der Waals surface area contributed by atoms with E-state index in [1.165, 1.54) is 12.7 Å². The zero-order chi connectivity index (χ0) is 11.6. The molecule has 0 aromatic heterocycles. The molecule has 1 heterocycles. The Bertz CT molecular complexity index is 400. The largest absolute Gasteiger partial charge is 0.469 e. The van der Waals surface area contributed by atoms with E-state index in [4.69, 9.17) is 9.47 Å².